The molecule has 0 aliphatic carbocycles. The van der Waals surface area contributed by atoms with Gasteiger partial charge in [-0.2, -0.15) is 4.98 Å². The molecule has 6 nitrogen and oxygen atoms in total. The van der Waals surface area contributed by atoms with Crippen LogP contribution in [0.3, 0.4) is 0 Å². The number of nitrogens with zero attached hydrogens (tertiary/aromatic N) is 4. The third-order valence-corrected chi connectivity index (χ3v) is 4.75. The number of benzene rings is 1. The second-order valence-electron chi connectivity index (χ2n) is 6.62. The van der Waals surface area contributed by atoms with Gasteiger partial charge >= 0.3 is 0 Å². The number of aromatic nitrogens is 3. The van der Waals surface area contributed by atoms with Gasteiger partial charge in [0.05, 0.1) is 5.56 Å². The van der Waals surface area contributed by atoms with Gasteiger partial charge in [0.15, 0.2) is 0 Å². The van der Waals surface area contributed by atoms with Crippen LogP contribution in [0.15, 0.2) is 47.1 Å². The number of hydrogen-bond acceptors (Lipinski definition) is 5. The van der Waals surface area contributed by atoms with E-state index < -0.39 is 0 Å². The van der Waals surface area contributed by atoms with Crippen LogP contribution in [-0.2, 0) is 0 Å². The first-order chi connectivity index (χ1) is 12.6. The van der Waals surface area contributed by atoms with Gasteiger partial charge in [-0.05, 0) is 38.3 Å². The molecule has 0 N–H and O–H groups in total. The van der Waals surface area contributed by atoms with Gasteiger partial charge in [-0.15, -0.1) is 0 Å². The predicted octanol–water partition coefficient (Wildman–Crippen LogP) is 3.73. The summed E-state index contributed by atoms with van der Waals surface area (Å²) in [7, 11) is 0. The summed E-state index contributed by atoms with van der Waals surface area (Å²) in [5, 5.41) is 4.09. The van der Waals surface area contributed by atoms with Gasteiger partial charge < -0.3 is 9.42 Å². The number of carbonyl (C=O) groups excluding carboxylic acids is 1. The van der Waals surface area contributed by atoms with Crippen molar-refractivity contribution in [2.24, 2.45) is 0 Å². The lowest BCUT2D eigenvalue weighted by molar-refractivity contribution is 0.0709. The highest BCUT2D eigenvalue weighted by atomic mass is 16.5. The topological polar surface area (TPSA) is 72.1 Å². The van der Waals surface area contributed by atoms with Crippen LogP contribution < -0.4 is 0 Å². The fourth-order valence-corrected chi connectivity index (χ4v) is 3.42. The molecule has 3 heterocycles. The lowest BCUT2D eigenvalue weighted by Gasteiger charge is -2.22. The average Bonchev–Trinajstić information content (AvgIpc) is 3.31. The summed E-state index contributed by atoms with van der Waals surface area (Å²) in [6.45, 7) is 4.54. The molecule has 1 atom stereocenters. The summed E-state index contributed by atoms with van der Waals surface area (Å²) in [6.07, 6.45) is 3.39. The molecule has 1 aliphatic heterocycles. The van der Waals surface area contributed by atoms with Crippen LogP contribution in [0.2, 0.25) is 0 Å². The molecule has 0 saturated carbocycles. The van der Waals surface area contributed by atoms with Crippen molar-refractivity contribution in [1.29, 1.82) is 0 Å². The molecule has 1 saturated heterocycles. The van der Waals surface area contributed by atoms with E-state index in [-0.39, 0.29) is 11.9 Å². The van der Waals surface area contributed by atoms with Crippen LogP contribution in [0, 0.1) is 13.8 Å². The summed E-state index contributed by atoms with van der Waals surface area (Å²) < 4.78 is 5.50. The van der Waals surface area contributed by atoms with Crippen LogP contribution in [0.4, 0.5) is 0 Å². The molecule has 0 radical (unpaired) electrons. The second-order valence-corrected chi connectivity index (χ2v) is 6.62. The fourth-order valence-electron chi connectivity index (χ4n) is 3.42. The van der Waals surface area contributed by atoms with E-state index in [0.717, 1.165) is 29.7 Å². The molecule has 132 valence electrons. The minimum absolute atomic E-state index is 0.0306. The lowest BCUT2D eigenvalue weighted by atomic mass is 10.1. The van der Waals surface area contributed by atoms with Gasteiger partial charge in [0.1, 0.15) is 6.04 Å². The van der Waals surface area contributed by atoms with Gasteiger partial charge in [-0.1, -0.05) is 35.5 Å². The maximum Gasteiger partial charge on any atom is 0.256 e. The second kappa shape index (κ2) is 6.71. The zero-order chi connectivity index (χ0) is 18.1. The zero-order valence-corrected chi connectivity index (χ0v) is 14.8. The van der Waals surface area contributed by atoms with Crippen molar-refractivity contribution in [2.75, 3.05) is 6.54 Å². The molecule has 1 amide bonds. The number of aryl methyl sites for hydroxylation is 2. The Hall–Kier alpha value is -3.02. The van der Waals surface area contributed by atoms with Gasteiger partial charge in [0.2, 0.25) is 11.7 Å². The molecule has 1 fully saturated rings. The monoisotopic (exact) mass is 348 g/mol. The van der Waals surface area contributed by atoms with E-state index in [0.29, 0.717) is 23.8 Å². The van der Waals surface area contributed by atoms with Crippen molar-refractivity contribution in [2.45, 2.75) is 32.7 Å². The van der Waals surface area contributed by atoms with E-state index in [9.17, 15) is 4.79 Å². The summed E-state index contributed by atoms with van der Waals surface area (Å²) >= 11 is 0. The maximum atomic E-state index is 13.0. The molecule has 0 unspecified atom stereocenters. The Bertz CT molecular complexity index is 936. The molecular weight excluding hydrogens is 328 g/mol. The maximum absolute atomic E-state index is 13.0. The Balaban J connectivity index is 1.61. The minimum atomic E-state index is -0.187. The molecule has 1 aliphatic rings. The van der Waals surface area contributed by atoms with Gasteiger partial charge in [0, 0.05) is 24.0 Å². The van der Waals surface area contributed by atoms with Crippen molar-refractivity contribution in [3.63, 3.8) is 0 Å². The number of rotatable bonds is 3. The Labute approximate surface area is 151 Å². The minimum Gasteiger partial charge on any atom is -0.337 e. The fraction of sp³-hybridized carbons (Fsp3) is 0.300. The van der Waals surface area contributed by atoms with Gasteiger partial charge in [0.25, 0.3) is 5.91 Å². The highest BCUT2D eigenvalue weighted by Gasteiger charge is 2.35. The number of amides is 1. The molecule has 2 aromatic heterocycles. The third kappa shape index (κ3) is 2.98. The van der Waals surface area contributed by atoms with Crippen LogP contribution in [-0.4, -0.2) is 32.5 Å². The molecule has 1 aromatic carbocycles. The molecule has 26 heavy (non-hydrogen) atoms. The summed E-state index contributed by atoms with van der Waals surface area (Å²) in [5.41, 5.74) is 3.37. The van der Waals surface area contributed by atoms with E-state index in [2.05, 4.69) is 15.1 Å². The Morgan fingerprint density at radius 1 is 1.23 bits per heavy atom. The standard InChI is InChI=1S/C20H20N4O2/c1-13-11-14(2)21-12-16(13)20(25)24-10-6-9-17(24)19-22-18(23-26-19)15-7-4-3-5-8-15/h3-5,7-8,11-12,17H,6,9-10H2,1-2H3/t17-/m1/s1. The predicted molar refractivity (Wildman–Crippen MR) is 96.5 cm³/mol. The highest BCUT2D eigenvalue weighted by Crippen LogP contribution is 2.33. The number of hydrogen-bond donors (Lipinski definition) is 0. The zero-order valence-electron chi connectivity index (χ0n) is 14.8. The summed E-state index contributed by atoms with van der Waals surface area (Å²) in [4.78, 5) is 23.7. The molecule has 3 aromatic rings. The van der Waals surface area contributed by atoms with E-state index in [4.69, 9.17) is 4.52 Å². The number of pyridine rings is 1. The lowest BCUT2D eigenvalue weighted by Crippen LogP contribution is -2.31. The van der Waals surface area contributed by atoms with Crippen LogP contribution in [0.25, 0.3) is 11.4 Å². The number of carbonyl (C=O) groups is 1. The first-order valence-corrected chi connectivity index (χ1v) is 8.77. The molecule has 6 heteroatoms. The van der Waals surface area contributed by atoms with Gasteiger partial charge in [-0.3, -0.25) is 9.78 Å². The van der Waals surface area contributed by atoms with E-state index in [1.165, 1.54) is 0 Å². The molecule has 0 spiro atoms. The van der Waals surface area contributed by atoms with Crippen molar-refractivity contribution >= 4 is 5.91 Å². The molecule has 0 bridgehead atoms. The van der Waals surface area contributed by atoms with Crippen molar-refractivity contribution in [3.05, 3.63) is 65.3 Å². The van der Waals surface area contributed by atoms with Crippen molar-refractivity contribution in [3.8, 4) is 11.4 Å². The van der Waals surface area contributed by atoms with Crippen LogP contribution >= 0.6 is 0 Å². The van der Waals surface area contributed by atoms with E-state index >= 15 is 0 Å². The Morgan fingerprint density at radius 3 is 2.81 bits per heavy atom. The van der Waals surface area contributed by atoms with Crippen molar-refractivity contribution < 1.29 is 9.32 Å². The molecule has 4 rings (SSSR count). The normalized spacial score (nSPS) is 16.8. The van der Waals surface area contributed by atoms with Crippen LogP contribution in [0.5, 0.6) is 0 Å². The number of likely N-dealkylation sites (tertiary alicyclic amines) is 1. The summed E-state index contributed by atoms with van der Waals surface area (Å²) in [5.74, 6) is 1.01. The first kappa shape index (κ1) is 16.4. The Morgan fingerprint density at radius 2 is 2.04 bits per heavy atom. The third-order valence-electron chi connectivity index (χ3n) is 4.75. The highest BCUT2D eigenvalue weighted by molar-refractivity contribution is 5.95. The van der Waals surface area contributed by atoms with E-state index in [1.54, 1.807) is 6.20 Å². The SMILES string of the molecule is Cc1cc(C)c(C(=O)N2CCC[C@@H]2c2nc(-c3ccccc3)no2)cn1. The smallest absolute Gasteiger partial charge is 0.256 e. The van der Waals surface area contributed by atoms with Crippen molar-refractivity contribution in [1.82, 2.24) is 20.0 Å². The van der Waals surface area contributed by atoms with Gasteiger partial charge in [-0.25, -0.2) is 0 Å². The average molecular weight is 348 g/mol. The quantitative estimate of drug-likeness (QED) is 0.721. The largest absolute Gasteiger partial charge is 0.337 e. The van der Waals surface area contributed by atoms with E-state index in [1.807, 2.05) is 55.1 Å². The van der Waals surface area contributed by atoms with Crippen LogP contribution in [0.1, 0.15) is 46.4 Å². The molecular formula is C20H20N4O2. The Kier molecular flexibility index (Phi) is 4.24. The first-order valence-electron chi connectivity index (χ1n) is 8.77. The summed E-state index contributed by atoms with van der Waals surface area (Å²) in [6, 6.07) is 11.4.